The second-order valence-corrected chi connectivity index (χ2v) is 4.72. The van der Waals surface area contributed by atoms with Gasteiger partial charge in [0.25, 0.3) is 0 Å². The molecule has 0 spiro atoms. The minimum atomic E-state index is -0.361. The molecule has 0 aromatic carbocycles. The monoisotopic (exact) mass is 313 g/mol. The van der Waals surface area contributed by atoms with Crippen molar-refractivity contribution in [3.8, 4) is 0 Å². The smallest absolute Gasteiger partial charge is 0.225 e. The summed E-state index contributed by atoms with van der Waals surface area (Å²) in [6, 6.07) is 3.50. The first-order chi connectivity index (χ1) is 9.42. The minimum Gasteiger partial charge on any atom is -0.311 e. The van der Waals surface area contributed by atoms with Crippen LogP contribution >= 0.6 is 23.2 Å². The molecule has 2 rings (SSSR count). The molecular weight excluding hydrogens is 301 g/mol. The Hall–Kier alpha value is -1.72. The molecule has 1 N–H and O–H groups in total. The van der Waals surface area contributed by atoms with Gasteiger partial charge in [-0.1, -0.05) is 18.5 Å². The molecule has 7 heteroatoms. The Labute approximate surface area is 126 Å². The lowest BCUT2D eigenvalue weighted by molar-refractivity contribution is -0.116. The SMILES string of the molecule is CC(=O)Cl.CCC(=O)Nc1cc2cnc(Cl)cc2cn1. The zero-order valence-corrected chi connectivity index (χ0v) is 12.5. The molecule has 20 heavy (non-hydrogen) atoms. The van der Waals surface area contributed by atoms with E-state index in [1.54, 1.807) is 31.5 Å². The average molecular weight is 314 g/mol. The van der Waals surface area contributed by atoms with Gasteiger partial charge >= 0.3 is 0 Å². The Morgan fingerprint density at radius 3 is 2.35 bits per heavy atom. The molecule has 0 bridgehead atoms. The molecule has 2 aromatic heterocycles. The van der Waals surface area contributed by atoms with Crippen LogP contribution in [0.2, 0.25) is 5.15 Å². The zero-order chi connectivity index (χ0) is 15.1. The van der Waals surface area contributed by atoms with Crippen LogP contribution in [0.5, 0.6) is 0 Å². The summed E-state index contributed by atoms with van der Waals surface area (Å²) in [6.07, 6.45) is 3.74. The molecule has 2 heterocycles. The molecule has 0 atom stereocenters. The Bertz CT molecular complexity index is 628. The Morgan fingerprint density at radius 1 is 1.20 bits per heavy atom. The van der Waals surface area contributed by atoms with Crippen LogP contribution in [0.3, 0.4) is 0 Å². The van der Waals surface area contributed by atoms with Gasteiger partial charge in [-0.25, -0.2) is 9.97 Å². The maximum atomic E-state index is 11.2. The molecule has 0 saturated heterocycles. The van der Waals surface area contributed by atoms with Crippen LogP contribution in [0.1, 0.15) is 20.3 Å². The van der Waals surface area contributed by atoms with Crippen LogP contribution in [0, 0.1) is 0 Å². The molecule has 2 aromatic rings. The molecule has 0 aliphatic heterocycles. The van der Waals surface area contributed by atoms with E-state index in [0.717, 1.165) is 10.8 Å². The van der Waals surface area contributed by atoms with Crippen LogP contribution in [-0.4, -0.2) is 21.1 Å². The highest BCUT2D eigenvalue weighted by Gasteiger charge is 2.02. The summed E-state index contributed by atoms with van der Waals surface area (Å²) >= 11 is 10.4. The van der Waals surface area contributed by atoms with Gasteiger partial charge in [-0.2, -0.15) is 0 Å². The highest BCUT2D eigenvalue weighted by atomic mass is 35.5. The summed E-state index contributed by atoms with van der Waals surface area (Å²) in [5, 5.41) is 4.55. The second kappa shape index (κ2) is 7.77. The van der Waals surface area contributed by atoms with Crippen molar-refractivity contribution < 1.29 is 9.59 Å². The van der Waals surface area contributed by atoms with Crippen LogP contribution in [-0.2, 0) is 9.59 Å². The third-order valence-electron chi connectivity index (χ3n) is 2.16. The number of nitrogens with zero attached hydrogens (tertiary/aromatic N) is 2. The lowest BCUT2D eigenvalue weighted by Gasteiger charge is -2.03. The van der Waals surface area contributed by atoms with Gasteiger partial charge in [-0.3, -0.25) is 9.59 Å². The highest BCUT2D eigenvalue weighted by Crippen LogP contribution is 2.18. The minimum absolute atomic E-state index is 0.0613. The van der Waals surface area contributed by atoms with E-state index in [-0.39, 0.29) is 11.1 Å². The van der Waals surface area contributed by atoms with E-state index in [1.165, 1.54) is 6.92 Å². The largest absolute Gasteiger partial charge is 0.311 e. The van der Waals surface area contributed by atoms with E-state index < -0.39 is 0 Å². The number of hydrogen-bond acceptors (Lipinski definition) is 4. The van der Waals surface area contributed by atoms with E-state index in [9.17, 15) is 9.59 Å². The van der Waals surface area contributed by atoms with Gasteiger partial charge in [0.1, 0.15) is 11.0 Å². The molecule has 0 saturated carbocycles. The lowest BCUT2D eigenvalue weighted by atomic mass is 10.2. The number of carbonyl (C=O) groups excluding carboxylic acids is 2. The fourth-order valence-corrected chi connectivity index (χ4v) is 1.48. The van der Waals surface area contributed by atoms with Gasteiger partial charge in [-0.05, 0) is 23.7 Å². The maximum Gasteiger partial charge on any atom is 0.225 e. The Balaban J connectivity index is 0.000000444. The summed E-state index contributed by atoms with van der Waals surface area (Å²) < 4.78 is 0. The number of carbonyl (C=O) groups is 2. The van der Waals surface area contributed by atoms with Gasteiger partial charge in [0.2, 0.25) is 11.1 Å². The quantitative estimate of drug-likeness (QED) is 0.681. The first-order valence-corrected chi connectivity index (χ1v) is 6.55. The normalized spacial score (nSPS) is 9.60. The number of fused-ring (bicyclic) bond motifs is 1. The zero-order valence-electron chi connectivity index (χ0n) is 11.0. The third-order valence-corrected chi connectivity index (χ3v) is 2.37. The number of pyridine rings is 2. The highest BCUT2D eigenvalue weighted by molar-refractivity contribution is 6.62. The van der Waals surface area contributed by atoms with E-state index >= 15 is 0 Å². The number of halogens is 2. The van der Waals surface area contributed by atoms with Crippen molar-refractivity contribution >= 4 is 50.9 Å². The number of aromatic nitrogens is 2. The second-order valence-electron chi connectivity index (χ2n) is 3.80. The van der Waals surface area contributed by atoms with Crippen LogP contribution in [0.4, 0.5) is 5.82 Å². The number of nitrogens with one attached hydrogen (secondary N) is 1. The Kier molecular flexibility index (Phi) is 6.35. The molecule has 1 amide bonds. The van der Waals surface area contributed by atoms with Gasteiger partial charge < -0.3 is 5.32 Å². The van der Waals surface area contributed by atoms with Gasteiger partial charge in [0.05, 0.1) is 0 Å². The number of anilines is 1. The maximum absolute atomic E-state index is 11.2. The van der Waals surface area contributed by atoms with Crippen LogP contribution in [0.15, 0.2) is 24.5 Å². The number of amides is 1. The summed E-state index contributed by atoms with van der Waals surface area (Å²) in [4.78, 5) is 28.5. The van der Waals surface area contributed by atoms with Crippen molar-refractivity contribution in [2.24, 2.45) is 0 Å². The predicted molar refractivity (Wildman–Crippen MR) is 80.0 cm³/mol. The summed E-state index contributed by atoms with van der Waals surface area (Å²) in [5.74, 6) is 0.470. The fourth-order valence-electron chi connectivity index (χ4n) is 1.31. The molecule has 0 unspecified atom stereocenters. The van der Waals surface area contributed by atoms with Gasteiger partial charge in [-0.15, -0.1) is 0 Å². The van der Waals surface area contributed by atoms with Gasteiger partial charge in [0.15, 0.2) is 0 Å². The average Bonchev–Trinajstić information content (AvgIpc) is 2.38. The fraction of sp³-hybridized carbons (Fsp3) is 0.231. The van der Waals surface area contributed by atoms with Crippen molar-refractivity contribution in [1.82, 2.24) is 9.97 Å². The van der Waals surface area contributed by atoms with Crippen molar-refractivity contribution in [3.63, 3.8) is 0 Å². The predicted octanol–water partition coefficient (Wildman–Crippen LogP) is 3.40. The van der Waals surface area contributed by atoms with Crippen molar-refractivity contribution in [3.05, 3.63) is 29.7 Å². The number of rotatable bonds is 2. The first kappa shape index (κ1) is 16.3. The van der Waals surface area contributed by atoms with Crippen molar-refractivity contribution in [2.45, 2.75) is 20.3 Å². The summed E-state index contributed by atoms with van der Waals surface area (Å²) in [7, 11) is 0. The molecule has 0 fully saturated rings. The standard InChI is InChI=1S/C11H10ClN3O.C2H3ClO/c1-2-11(16)15-10-4-8-5-13-9(12)3-7(8)6-14-10;1-2(3)4/h3-6H,2H2,1H3,(H,14,15,16);1H3. The molecular formula is C13H13Cl2N3O2. The lowest BCUT2D eigenvalue weighted by Crippen LogP contribution is -2.10. The van der Waals surface area contributed by atoms with Crippen molar-refractivity contribution in [1.29, 1.82) is 0 Å². The number of hydrogen-bond donors (Lipinski definition) is 1. The summed E-state index contributed by atoms with van der Waals surface area (Å²) in [5.41, 5.74) is 0. The topological polar surface area (TPSA) is 72.0 Å². The first-order valence-electron chi connectivity index (χ1n) is 5.79. The molecule has 5 nitrogen and oxygen atoms in total. The van der Waals surface area contributed by atoms with Crippen LogP contribution < -0.4 is 5.32 Å². The molecule has 0 aliphatic carbocycles. The Morgan fingerprint density at radius 2 is 1.75 bits per heavy atom. The van der Waals surface area contributed by atoms with E-state index in [4.69, 9.17) is 11.6 Å². The molecule has 0 aliphatic rings. The third kappa shape index (κ3) is 5.50. The van der Waals surface area contributed by atoms with Gasteiger partial charge in [0, 0.05) is 36.5 Å². The summed E-state index contributed by atoms with van der Waals surface area (Å²) in [6.45, 7) is 3.08. The van der Waals surface area contributed by atoms with E-state index in [2.05, 4.69) is 26.9 Å². The van der Waals surface area contributed by atoms with E-state index in [0.29, 0.717) is 17.4 Å². The van der Waals surface area contributed by atoms with E-state index in [1.807, 2.05) is 0 Å². The molecule has 106 valence electrons. The van der Waals surface area contributed by atoms with Crippen LogP contribution in [0.25, 0.3) is 10.8 Å². The van der Waals surface area contributed by atoms with Crippen molar-refractivity contribution in [2.75, 3.05) is 5.32 Å². The molecule has 0 radical (unpaired) electrons.